The second-order valence-electron chi connectivity index (χ2n) is 14.6. The number of hydrogen-bond donors (Lipinski definition) is 8. The maximum Gasteiger partial charge on any atom is 0.327 e. The van der Waals surface area contributed by atoms with Crippen molar-refractivity contribution in [3.63, 3.8) is 0 Å². The molecule has 1 saturated heterocycles. The number of carbonyl (C=O) groups is 7. The van der Waals surface area contributed by atoms with Crippen LogP contribution in [0, 0.1) is 17.8 Å². The van der Waals surface area contributed by atoms with Gasteiger partial charge in [0.25, 0.3) is 5.91 Å². The molecule has 0 aromatic heterocycles. The maximum absolute atomic E-state index is 14.1. The molecule has 1 aliphatic heterocycles. The molecule has 2 rings (SSSR count). The summed E-state index contributed by atoms with van der Waals surface area (Å²) in [5.41, 5.74) is 12.5. The van der Waals surface area contributed by atoms with E-state index in [0.29, 0.717) is 6.42 Å². The number of likely N-dealkylation sites (N-methyl/N-ethyl adjacent to an activating group) is 1. The summed E-state index contributed by atoms with van der Waals surface area (Å²) in [6.07, 6.45) is 6.35. The van der Waals surface area contributed by atoms with Gasteiger partial charge in [0.1, 0.15) is 23.8 Å². The average Bonchev–Trinajstić information content (AvgIpc) is 3.19. The molecule has 18 heteroatoms. The number of benzene rings is 1. The third kappa shape index (κ3) is 15.7. The van der Waals surface area contributed by atoms with Crippen LogP contribution in [-0.2, 0) is 44.7 Å². The fraction of sp³-hybridized carbons (Fsp3) is 0.512. The molecule has 1 aromatic carbocycles. The summed E-state index contributed by atoms with van der Waals surface area (Å²) in [5.74, 6) is -9.91. The second-order valence-corrected chi connectivity index (χ2v) is 14.6. The van der Waals surface area contributed by atoms with Crippen LogP contribution in [0.5, 0.6) is 0 Å². The van der Waals surface area contributed by atoms with E-state index in [4.69, 9.17) is 16.2 Å². The van der Waals surface area contributed by atoms with Gasteiger partial charge in [-0.3, -0.25) is 29.0 Å². The molecule has 1 aromatic rings. The fourth-order valence-electron chi connectivity index (χ4n) is 6.38. The van der Waals surface area contributed by atoms with Crippen molar-refractivity contribution in [3.8, 4) is 0 Å². The van der Waals surface area contributed by atoms with Crippen molar-refractivity contribution in [1.29, 1.82) is 0 Å². The van der Waals surface area contributed by atoms with Crippen LogP contribution in [0.15, 0.2) is 70.9 Å². The molecule has 324 valence electrons. The first kappa shape index (κ1) is 49.1. The zero-order valence-corrected chi connectivity index (χ0v) is 34.8. The summed E-state index contributed by atoms with van der Waals surface area (Å²) in [6, 6.07) is 4.12. The molecular formula is C41H60N8O10. The van der Waals surface area contributed by atoms with Crippen molar-refractivity contribution in [2.24, 2.45) is 34.2 Å². The number of hydrogen-bond acceptors (Lipinski definition) is 9. The van der Waals surface area contributed by atoms with Gasteiger partial charge in [0.15, 0.2) is 5.96 Å². The van der Waals surface area contributed by atoms with Crippen LogP contribution in [0.25, 0.3) is 0 Å². The number of rotatable bonds is 13. The Morgan fingerprint density at radius 2 is 1.61 bits per heavy atom. The standard InChI is InChI=1S/C41H60N8O10/c1-8-31-38(54)48-34(40(57)58)26(5)36(52)46-29(15-12-20-44-41(42)43)37(53)45-28(25(4)35(51)47-30(39(55)56)18-19-33(50)49(31)6)17-16-23(2)21-24(3)32(59-7)22-27-13-10-9-11-14-27/h8-11,13-14,16-17,21,24-26,28-30,32,34H,12,15,18-20,22H2,1-7H3,(H,45,53)(H,46,52)(H,47,51)(H,48,54)(H,55,56)(H,57,58)(H4,42,43,44)/b17-16+,23-21-,31-8?/t24-,25-,26-,28-,29-,30+,32-,34+/m0/s1. The zero-order chi connectivity index (χ0) is 44.4. The highest BCUT2D eigenvalue weighted by Gasteiger charge is 2.36. The number of allylic oxidation sites excluding steroid dienone is 3. The Bertz CT molecular complexity index is 1780. The van der Waals surface area contributed by atoms with Gasteiger partial charge >= 0.3 is 11.9 Å². The molecule has 5 amide bonds. The summed E-state index contributed by atoms with van der Waals surface area (Å²) in [5, 5.41) is 30.2. The molecule has 18 nitrogen and oxygen atoms in total. The lowest BCUT2D eigenvalue weighted by atomic mass is 9.94. The highest BCUT2D eigenvalue weighted by atomic mass is 16.5. The van der Waals surface area contributed by atoms with E-state index in [0.717, 1.165) is 16.0 Å². The number of carbonyl (C=O) groups excluding carboxylic acids is 5. The van der Waals surface area contributed by atoms with Crippen LogP contribution in [-0.4, -0.2) is 114 Å². The number of carboxylic acid groups (broad SMARTS) is 2. The SMILES string of the molecule is CC=C1C(=O)N[C@@H](C(=O)O)[C@H](C)C(=O)N[C@@H](CCCN=C(N)N)C(=O)N[C@@H](/C=C/C(C)=C\[C@H](C)[C@H](Cc2ccccc2)OC)[C@H](C)C(=O)N[C@@H](C(=O)O)CCC(=O)N1C. The summed E-state index contributed by atoms with van der Waals surface area (Å²) >= 11 is 0. The highest BCUT2D eigenvalue weighted by molar-refractivity contribution is 6.00. The van der Waals surface area contributed by atoms with Crippen molar-refractivity contribution in [3.05, 3.63) is 71.5 Å². The van der Waals surface area contributed by atoms with Gasteiger partial charge in [-0.15, -0.1) is 0 Å². The molecule has 0 radical (unpaired) electrons. The number of ether oxygens (including phenoxy) is 1. The van der Waals surface area contributed by atoms with E-state index in [1.54, 1.807) is 19.3 Å². The fourth-order valence-corrected chi connectivity index (χ4v) is 6.38. The first-order valence-electron chi connectivity index (χ1n) is 19.4. The van der Waals surface area contributed by atoms with Crippen LogP contribution in [0.1, 0.15) is 65.9 Å². The van der Waals surface area contributed by atoms with E-state index >= 15 is 0 Å². The number of methoxy groups -OCH3 is 1. The van der Waals surface area contributed by atoms with Crippen molar-refractivity contribution >= 4 is 47.4 Å². The Hall–Kier alpha value is -6.04. The van der Waals surface area contributed by atoms with Crippen molar-refractivity contribution in [2.45, 2.75) is 97.0 Å². The summed E-state index contributed by atoms with van der Waals surface area (Å²) in [6.45, 7) is 8.07. The van der Waals surface area contributed by atoms with E-state index in [9.17, 15) is 43.8 Å². The normalized spacial score (nSPS) is 25.1. The van der Waals surface area contributed by atoms with E-state index < -0.39 is 83.9 Å². The highest BCUT2D eigenvalue weighted by Crippen LogP contribution is 2.19. The third-order valence-electron chi connectivity index (χ3n) is 10.1. The Labute approximate surface area is 344 Å². The Morgan fingerprint density at radius 1 is 0.966 bits per heavy atom. The molecule has 10 N–H and O–H groups in total. The lowest BCUT2D eigenvalue weighted by Crippen LogP contribution is -2.56. The average molecular weight is 825 g/mol. The van der Waals surface area contributed by atoms with Crippen LogP contribution in [0.4, 0.5) is 0 Å². The topological polar surface area (TPSA) is 285 Å². The quantitative estimate of drug-likeness (QED) is 0.0454. The number of nitrogens with zero attached hydrogens (tertiary/aromatic N) is 2. The summed E-state index contributed by atoms with van der Waals surface area (Å²) in [7, 11) is 2.88. The molecule has 0 bridgehead atoms. The lowest BCUT2D eigenvalue weighted by molar-refractivity contribution is -0.146. The predicted molar refractivity (Wildman–Crippen MR) is 220 cm³/mol. The monoisotopic (exact) mass is 824 g/mol. The smallest absolute Gasteiger partial charge is 0.327 e. The second kappa shape index (κ2) is 24.0. The van der Waals surface area contributed by atoms with Gasteiger partial charge in [-0.2, -0.15) is 0 Å². The molecule has 59 heavy (non-hydrogen) atoms. The number of carboxylic acids is 2. The van der Waals surface area contributed by atoms with Gasteiger partial charge in [-0.05, 0) is 45.1 Å². The van der Waals surface area contributed by atoms with E-state index in [2.05, 4.69) is 26.3 Å². The molecule has 1 fully saturated rings. The molecular weight excluding hydrogens is 764 g/mol. The van der Waals surface area contributed by atoms with Crippen molar-refractivity contribution in [1.82, 2.24) is 26.2 Å². The van der Waals surface area contributed by atoms with E-state index in [1.165, 1.54) is 33.9 Å². The minimum Gasteiger partial charge on any atom is -0.480 e. The maximum atomic E-state index is 14.1. The van der Waals surface area contributed by atoms with Crippen LogP contribution >= 0.6 is 0 Å². The minimum absolute atomic E-state index is 0.0326. The number of nitrogens with two attached hydrogens (primary N) is 2. The first-order valence-corrected chi connectivity index (χ1v) is 19.4. The number of guanidine groups is 1. The van der Waals surface area contributed by atoms with Crippen molar-refractivity contribution in [2.75, 3.05) is 20.7 Å². The van der Waals surface area contributed by atoms with Crippen LogP contribution in [0.3, 0.4) is 0 Å². The van der Waals surface area contributed by atoms with E-state index in [1.807, 2.05) is 50.3 Å². The molecule has 0 saturated carbocycles. The first-order chi connectivity index (χ1) is 27.8. The number of aliphatic carboxylic acids is 2. The minimum atomic E-state index is -1.80. The summed E-state index contributed by atoms with van der Waals surface area (Å²) in [4.78, 5) is 97.5. The molecule has 0 spiro atoms. The van der Waals surface area contributed by atoms with Crippen molar-refractivity contribution < 1.29 is 48.5 Å². The largest absolute Gasteiger partial charge is 0.480 e. The van der Waals surface area contributed by atoms with E-state index in [-0.39, 0.29) is 49.5 Å². The van der Waals surface area contributed by atoms with Gasteiger partial charge in [-0.25, -0.2) is 9.59 Å². The molecule has 8 atom stereocenters. The third-order valence-corrected chi connectivity index (χ3v) is 10.1. The zero-order valence-electron chi connectivity index (χ0n) is 34.8. The van der Waals surface area contributed by atoms with Crippen LogP contribution in [0.2, 0.25) is 0 Å². The number of aliphatic imine (C=N–C) groups is 1. The molecule has 0 unspecified atom stereocenters. The predicted octanol–water partition coefficient (Wildman–Crippen LogP) is 0.973. The Kier molecular flexibility index (Phi) is 20.0. The van der Waals surface area contributed by atoms with Gasteiger partial charge in [0, 0.05) is 33.0 Å². The van der Waals surface area contributed by atoms with Gasteiger partial charge < -0.3 is 52.6 Å². The molecule has 0 aliphatic carbocycles. The lowest BCUT2D eigenvalue weighted by Gasteiger charge is -2.28. The Morgan fingerprint density at radius 3 is 2.19 bits per heavy atom. The van der Waals surface area contributed by atoms with Gasteiger partial charge in [0.2, 0.25) is 23.6 Å². The number of amides is 5. The molecule has 1 aliphatic rings. The molecule has 1 heterocycles. The number of nitrogens with one attached hydrogen (secondary N) is 4. The Balaban J connectivity index is 2.63. The summed E-state index contributed by atoms with van der Waals surface area (Å²) < 4.78 is 5.79. The van der Waals surface area contributed by atoms with Gasteiger partial charge in [0.05, 0.1) is 24.0 Å². The van der Waals surface area contributed by atoms with Gasteiger partial charge in [-0.1, -0.05) is 81.0 Å². The van der Waals surface area contributed by atoms with Crippen LogP contribution < -0.4 is 32.7 Å².